The second kappa shape index (κ2) is 6.83. The average Bonchev–Trinajstić information content (AvgIpc) is 3.16. The molecule has 0 aromatic heterocycles. The molecule has 1 N–H and O–H groups in total. The highest BCUT2D eigenvalue weighted by atomic mass is 35.5. The monoisotopic (exact) mass is 417 g/mol. The van der Waals surface area contributed by atoms with Crippen molar-refractivity contribution in [3.8, 4) is 5.75 Å². The molecule has 3 heterocycles. The number of nitrogens with one attached hydrogen (secondary N) is 1. The van der Waals surface area contributed by atoms with E-state index in [1.165, 1.54) is 6.42 Å². The molecule has 0 atom stereocenters. The van der Waals surface area contributed by atoms with E-state index in [4.69, 9.17) is 27.9 Å². The summed E-state index contributed by atoms with van der Waals surface area (Å²) in [5.74, 6) is 0.600. The summed E-state index contributed by atoms with van der Waals surface area (Å²) < 4.78 is 5.71. The van der Waals surface area contributed by atoms with Gasteiger partial charge in [0.1, 0.15) is 5.75 Å². The molecule has 28 heavy (non-hydrogen) atoms. The Balaban J connectivity index is 1.35. The molecule has 3 aliphatic heterocycles. The number of nitrogens with zero attached hydrogens (tertiary/aromatic N) is 2. The second-order valence-electron chi connectivity index (χ2n) is 7.95. The van der Waals surface area contributed by atoms with Crippen molar-refractivity contribution in [1.29, 1.82) is 0 Å². The van der Waals surface area contributed by atoms with Crippen LogP contribution in [-0.4, -0.2) is 43.7 Å². The van der Waals surface area contributed by atoms with Crippen LogP contribution < -0.4 is 15.0 Å². The van der Waals surface area contributed by atoms with Gasteiger partial charge >= 0.3 is 0 Å². The Morgan fingerprint density at radius 1 is 1.14 bits per heavy atom. The molecular formula is C21H21Cl2N3O2. The number of hydrogen-bond acceptors (Lipinski definition) is 4. The number of para-hydroxylation sites is 1. The Morgan fingerprint density at radius 2 is 1.89 bits per heavy atom. The van der Waals surface area contributed by atoms with E-state index in [2.05, 4.69) is 10.2 Å². The lowest BCUT2D eigenvalue weighted by molar-refractivity contribution is 0.0515. The number of ether oxygens (including phenoxy) is 1. The highest BCUT2D eigenvalue weighted by Crippen LogP contribution is 2.41. The Morgan fingerprint density at radius 3 is 2.61 bits per heavy atom. The van der Waals surface area contributed by atoms with Crippen LogP contribution in [0.25, 0.3) is 0 Å². The van der Waals surface area contributed by atoms with Crippen LogP contribution >= 0.6 is 23.2 Å². The largest absolute Gasteiger partial charge is 0.473 e. The van der Waals surface area contributed by atoms with Gasteiger partial charge in [0.15, 0.2) is 6.73 Å². The maximum atomic E-state index is 13.1. The first kappa shape index (κ1) is 18.1. The third-order valence-electron chi connectivity index (χ3n) is 5.99. The first-order valence-corrected chi connectivity index (χ1v) is 10.2. The molecular weight excluding hydrogens is 397 g/mol. The molecule has 2 aromatic rings. The van der Waals surface area contributed by atoms with Crippen molar-refractivity contribution in [3.05, 3.63) is 57.6 Å². The highest BCUT2D eigenvalue weighted by Gasteiger charge is 2.45. The number of anilines is 1. The van der Waals surface area contributed by atoms with E-state index in [9.17, 15) is 4.79 Å². The summed E-state index contributed by atoms with van der Waals surface area (Å²) in [5, 5.41) is 4.21. The van der Waals surface area contributed by atoms with Gasteiger partial charge in [0.25, 0.3) is 5.91 Å². The summed E-state index contributed by atoms with van der Waals surface area (Å²) in [5.41, 5.74) is 2.67. The molecule has 2 fully saturated rings. The SMILES string of the molecule is O=C(c1c(Cl)cc(N2CC3(CCNC3)C2)cc1Cl)N1COc2ccccc2C1. The minimum absolute atomic E-state index is 0.186. The van der Waals surface area contributed by atoms with Crippen molar-refractivity contribution < 1.29 is 9.53 Å². The van der Waals surface area contributed by atoms with E-state index in [1.807, 2.05) is 36.4 Å². The highest BCUT2D eigenvalue weighted by molar-refractivity contribution is 6.40. The summed E-state index contributed by atoms with van der Waals surface area (Å²) >= 11 is 13.0. The summed E-state index contributed by atoms with van der Waals surface area (Å²) in [6.45, 7) is 4.81. The average molecular weight is 418 g/mol. The Kier molecular flexibility index (Phi) is 4.42. The number of hydrogen-bond donors (Lipinski definition) is 1. The number of rotatable bonds is 2. The molecule has 5 nitrogen and oxygen atoms in total. The van der Waals surface area contributed by atoms with Gasteiger partial charge in [0.2, 0.25) is 0 Å². The zero-order valence-electron chi connectivity index (χ0n) is 15.4. The van der Waals surface area contributed by atoms with E-state index >= 15 is 0 Å². The Hall–Kier alpha value is -1.95. The van der Waals surface area contributed by atoms with Gasteiger partial charge in [0.05, 0.1) is 22.2 Å². The third kappa shape index (κ3) is 3.02. The van der Waals surface area contributed by atoms with Crippen LogP contribution in [0.2, 0.25) is 10.0 Å². The number of benzene rings is 2. The van der Waals surface area contributed by atoms with Crippen LogP contribution in [0, 0.1) is 5.41 Å². The van der Waals surface area contributed by atoms with Crippen LogP contribution in [-0.2, 0) is 6.54 Å². The Labute approximate surface area is 174 Å². The molecule has 7 heteroatoms. The van der Waals surface area contributed by atoms with Crippen LogP contribution in [0.4, 0.5) is 5.69 Å². The lowest BCUT2D eigenvalue weighted by atomic mass is 9.79. The van der Waals surface area contributed by atoms with E-state index in [1.54, 1.807) is 4.90 Å². The molecule has 0 radical (unpaired) electrons. The molecule has 3 aliphatic rings. The molecule has 0 unspecified atom stereocenters. The molecule has 0 bridgehead atoms. The normalized spacial score (nSPS) is 19.9. The summed E-state index contributed by atoms with van der Waals surface area (Å²) in [6, 6.07) is 11.4. The van der Waals surface area contributed by atoms with Gasteiger partial charge < -0.3 is 19.9 Å². The second-order valence-corrected chi connectivity index (χ2v) is 8.77. The summed E-state index contributed by atoms with van der Waals surface area (Å²) in [7, 11) is 0. The number of carbonyl (C=O) groups excluding carboxylic acids is 1. The van der Waals surface area contributed by atoms with Crippen molar-refractivity contribution in [2.45, 2.75) is 13.0 Å². The predicted octanol–water partition coefficient (Wildman–Crippen LogP) is 3.79. The van der Waals surface area contributed by atoms with Crippen molar-refractivity contribution in [3.63, 3.8) is 0 Å². The minimum Gasteiger partial charge on any atom is -0.473 e. The van der Waals surface area contributed by atoms with E-state index < -0.39 is 0 Å². The third-order valence-corrected chi connectivity index (χ3v) is 6.58. The quantitative estimate of drug-likeness (QED) is 0.807. The fourth-order valence-electron chi connectivity index (χ4n) is 4.42. The van der Waals surface area contributed by atoms with Gasteiger partial charge in [-0.05, 0) is 31.2 Å². The van der Waals surface area contributed by atoms with Crippen LogP contribution in [0.15, 0.2) is 36.4 Å². The maximum Gasteiger partial charge on any atom is 0.259 e. The van der Waals surface area contributed by atoms with Crippen LogP contribution in [0.1, 0.15) is 22.3 Å². The van der Waals surface area contributed by atoms with Gasteiger partial charge in [-0.2, -0.15) is 0 Å². The van der Waals surface area contributed by atoms with Crippen LogP contribution in [0.5, 0.6) is 5.75 Å². The zero-order chi connectivity index (χ0) is 19.3. The molecule has 1 spiro atoms. The lowest BCUT2D eigenvalue weighted by Crippen LogP contribution is -2.57. The van der Waals surface area contributed by atoms with Gasteiger partial charge in [-0.3, -0.25) is 4.79 Å². The van der Waals surface area contributed by atoms with Gasteiger partial charge in [-0.15, -0.1) is 0 Å². The van der Waals surface area contributed by atoms with Crippen molar-refractivity contribution in [2.24, 2.45) is 5.41 Å². The molecule has 0 saturated carbocycles. The summed E-state index contributed by atoms with van der Waals surface area (Å²) in [4.78, 5) is 17.0. The molecule has 2 aromatic carbocycles. The van der Waals surface area contributed by atoms with Gasteiger partial charge in [0, 0.05) is 36.3 Å². The molecule has 146 valence electrons. The number of amides is 1. The first-order valence-electron chi connectivity index (χ1n) is 9.49. The molecule has 2 saturated heterocycles. The van der Waals surface area contributed by atoms with Crippen molar-refractivity contribution in [2.75, 3.05) is 37.8 Å². The maximum absolute atomic E-state index is 13.1. The number of fused-ring (bicyclic) bond motifs is 1. The number of halogens is 2. The van der Waals surface area contributed by atoms with E-state index in [-0.39, 0.29) is 12.6 Å². The smallest absolute Gasteiger partial charge is 0.259 e. The Bertz CT molecular complexity index is 912. The molecule has 1 amide bonds. The molecule has 5 rings (SSSR count). The van der Waals surface area contributed by atoms with Gasteiger partial charge in [-0.25, -0.2) is 0 Å². The zero-order valence-corrected chi connectivity index (χ0v) is 16.9. The van der Waals surface area contributed by atoms with E-state index in [0.717, 1.165) is 43.2 Å². The van der Waals surface area contributed by atoms with Crippen molar-refractivity contribution in [1.82, 2.24) is 10.2 Å². The lowest BCUT2D eigenvalue weighted by Gasteiger charge is -2.49. The predicted molar refractivity (Wildman–Crippen MR) is 110 cm³/mol. The molecule has 0 aliphatic carbocycles. The van der Waals surface area contributed by atoms with Crippen molar-refractivity contribution >= 4 is 34.8 Å². The minimum atomic E-state index is -0.212. The topological polar surface area (TPSA) is 44.8 Å². The van der Waals surface area contributed by atoms with E-state index in [0.29, 0.717) is 27.6 Å². The number of carbonyl (C=O) groups is 1. The first-order chi connectivity index (χ1) is 13.5. The van der Waals surface area contributed by atoms with Gasteiger partial charge in [-0.1, -0.05) is 41.4 Å². The fraction of sp³-hybridized carbons (Fsp3) is 0.381. The standard InChI is InChI=1S/C21H21Cl2N3O2/c22-16-7-15(26-11-21(12-26)5-6-24-10-21)8-17(23)19(16)20(27)25-9-14-3-1-2-4-18(14)28-13-25/h1-4,7-8,24H,5-6,9-13H2. The fourth-order valence-corrected chi connectivity index (χ4v) is 5.06. The van der Waals surface area contributed by atoms with Crippen LogP contribution in [0.3, 0.4) is 0 Å². The summed E-state index contributed by atoms with van der Waals surface area (Å²) in [6.07, 6.45) is 1.21.